The quantitative estimate of drug-likeness (QED) is 0.823. The first kappa shape index (κ1) is 15.8. The Bertz CT molecular complexity index is 514. The highest BCUT2D eigenvalue weighted by atomic mass is 16.5. The molecule has 1 amide bonds. The van der Waals surface area contributed by atoms with Crippen LogP contribution in [0.25, 0.3) is 0 Å². The van der Waals surface area contributed by atoms with Crippen LogP contribution in [0.1, 0.15) is 29.8 Å². The van der Waals surface area contributed by atoms with Crippen molar-refractivity contribution in [2.24, 2.45) is 0 Å². The molecule has 0 bridgehead atoms. The fourth-order valence-corrected chi connectivity index (χ4v) is 2.61. The Labute approximate surface area is 126 Å². The normalized spacial score (nSPS) is 18.4. The zero-order valence-corrected chi connectivity index (χ0v) is 13.1. The van der Waals surface area contributed by atoms with Gasteiger partial charge in [0.1, 0.15) is 0 Å². The van der Waals surface area contributed by atoms with Gasteiger partial charge in [-0.1, -0.05) is 6.07 Å². The second kappa shape index (κ2) is 6.45. The zero-order valence-electron chi connectivity index (χ0n) is 13.1. The number of nitrogens with two attached hydrogens (primary N) is 1. The molecular weight excluding hydrogens is 266 g/mol. The highest BCUT2D eigenvalue weighted by Gasteiger charge is 2.26. The maximum Gasteiger partial charge on any atom is 0.251 e. The van der Waals surface area contributed by atoms with Gasteiger partial charge in [0.05, 0.1) is 12.2 Å². The number of nitrogens with one attached hydrogen (secondary N) is 1. The van der Waals surface area contributed by atoms with E-state index in [1.54, 1.807) is 6.07 Å². The lowest BCUT2D eigenvalue weighted by molar-refractivity contribution is -0.0853. The molecule has 1 fully saturated rings. The van der Waals surface area contributed by atoms with E-state index in [4.69, 9.17) is 10.5 Å². The Morgan fingerprint density at radius 3 is 2.95 bits per heavy atom. The van der Waals surface area contributed by atoms with Crippen LogP contribution in [0.5, 0.6) is 0 Å². The molecule has 1 saturated heterocycles. The number of carbonyl (C=O) groups is 1. The van der Waals surface area contributed by atoms with Gasteiger partial charge >= 0.3 is 0 Å². The number of anilines is 1. The maximum atomic E-state index is 12.2. The van der Waals surface area contributed by atoms with Gasteiger partial charge in [0.15, 0.2) is 0 Å². The van der Waals surface area contributed by atoms with E-state index < -0.39 is 0 Å². The van der Waals surface area contributed by atoms with Crippen LogP contribution in [-0.4, -0.2) is 49.2 Å². The zero-order chi connectivity index (χ0) is 15.5. The Balaban J connectivity index is 1.83. The summed E-state index contributed by atoms with van der Waals surface area (Å²) < 4.78 is 5.68. The molecule has 0 aromatic heterocycles. The van der Waals surface area contributed by atoms with Gasteiger partial charge in [0, 0.05) is 37.4 Å². The molecule has 3 N–H and O–H groups in total. The Morgan fingerprint density at radius 1 is 1.48 bits per heavy atom. The van der Waals surface area contributed by atoms with Crippen molar-refractivity contribution in [3.63, 3.8) is 0 Å². The van der Waals surface area contributed by atoms with E-state index in [1.165, 1.54) is 0 Å². The molecule has 5 nitrogen and oxygen atoms in total. The van der Waals surface area contributed by atoms with Crippen molar-refractivity contribution >= 4 is 11.6 Å². The standard InChI is InChI=1S/C16H25N3O2/c1-12-4-5-13(17)10-14(12)15(20)18-6-7-19-8-9-21-16(2,3)11-19/h4-5,10H,6-9,11,17H2,1-3H3,(H,18,20). The van der Waals surface area contributed by atoms with E-state index in [0.29, 0.717) is 17.8 Å². The van der Waals surface area contributed by atoms with Gasteiger partial charge in [0.25, 0.3) is 5.91 Å². The first-order chi connectivity index (χ1) is 9.87. The number of amides is 1. The van der Waals surface area contributed by atoms with Gasteiger partial charge in [-0.05, 0) is 38.5 Å². The summed E-state index contributed by atoms with van der Waals surface area (Å²) in [6.07, 6.45) is 0. The van der Waals surface area contributed by atoms with E-state index in [0.717, 1.165) is 31.8 Å². The number of nitrogen functional groups attached to an aromatic ring is 1. The van der Waals surface area contributed by atoms with E-state index in [1.807, 2.05) is 19.1 Å². The van der Waals surface area contributed by atoms with E-state index >= 15 is 0 Å². The third kappa shape index (κ3) is 4.44. The molecule has 1 aromatic carbocycles. The number of aryl methyl sites for hydroxylation is 1. The lowest BCUT2D eigenvalue weighted by Gasteiger charge is -2.38. The minimum Gasteiger partial charge on any atom is -0.399 e. The van der Waals surface area contributed by atoms with Crippen LogP contribution in [-0.2, 0) is 4.74 Å². The molecule has 0 aliphatic carbocycles. The summed E-state index contributed by atoms with van der Waals surface area (Å²) in [7, 11) is 0. The molecule has 0 atom stereocenters. The highest BCUT2D eigenvalue weighted by molar-refractivity contribution is 5.96. The number of benzene rings is 1. The smallest absolute Gasteiger partial charge is 0.251 e. The first-order valence-electron chi connectivity index (χ1n) is 7.38. The van der Waals surface area contributed by atoms with Crippen molar-refractivity contribution in [2.45, 2.75) is 26.4 Å². The monoisotopic (exact) mass is 291 g/mol. The summed E-state index contributed by atoms with van der Waals surface area (Å²) in [4.78, 5) is 14.5. The van der Waals surface area contributed by atoms with Crippen molar-refractivity contribution in [3.05, 3.63) is 29.3 Å². The van der Waals surface area contributed by atoms with Gasteiger partial charge in [-0.2, -0.15) is 0 Å². The number of ether oxygens (including phenoxy) is 1. The third-order valence-corrected chi connectivity index (χ3v) is 3.72. The van der Waals surface area contributed by atoms with Gasteiger partial charge in [-0.3, -0.25) is 9.69 Å². The molecule has 0 radical (unpaired) electrons. The van der Waals surface area contributed by atoms with Gasteiger partial charge in [0.2, 0.25) is 0 Å². The predicted molar refractivity (Wildman–Crippen MR) is 84.4 cm³/mol. The first-order valence-corrected chi connectivity index (χ1v) is 7.38. The predicted octanol–water partition coefficient (Wildman–Crippen LogP) is 1.42. The number of hydrogen-bond acceptors (Lipinski definition) is 4. The van der Waals surface area contributed by atoms with Crippen molar-refractivity contribution in [1.82, 2.24) is 10.2 Å². The lowest BCUT2D eigenvalue weighted by Crippen LogP contribution is -2.50. The Kier molecular flexibility index (Phi) is 4.85. The van der Waals surface area contributed by atoms with Crippen molar-refractivity contribution in [1.29, 1.82) is 0 Å². The summed E-state index contributed by atoms with van der Waals surface area (Å²) in [6.45, 7) is 10.1. The fourth-order valence-electron chi connectivity index (χ4n) is 2.61. The van der Waals surface area contributed by atoms with Crippen LogP contribution < -0.4 is 11.1 Å². The molecule has 21 heavy (non-hydrogen) atoms. The number of hydrogen-bond donors (Lipinski definition) is 2. The minimum atomic E-state index is -0.104. The Hall–Kier alpha value is -1.59. The van der Waals surface area contributed by atoms with Crippen LogP contribution >= 0.6 is 0 Å². The molecule has 0 unspecified atom stereocenters. The Morgan fingerprint density at radius 2 is 2.24 bits per heavy atom. The van der Waals surface area contributed by atoms with Crippen LogP contribution in [0.2, 0.25) is 0 Å². The van der Waals surface area contributed by atoms with Gasteiger partial charge in [-0.15, -0.1) is 0 Å². The minimum absolute atomic E-state index is 0.0627. The summed E-state index contributed by atoms with van der Waals surface area (Å²) in [5.74, 6) is -0.0627. The molecule has 0 spiro atoms. The second-order valence-corrected chi connectivity index (χ2v) is 6.21. The van der Waals surface area contributed by atoms with Crippen LogP contribution in [0.3, 0.4) is 0 Å². The van der Waals surface area contributed by atoms with Crippen molar-refractivity contribution in [3.8, 4) is 0 Å². The second-order valence-electron chi connectivity index (χ2n) is 6.21. The molecule has 1 aliphatic heterocycles. The molecular formula is C16H25N3O2. The number of morpholine rings is 1. The molecule has 116 valence electrons. The number of carbonyl (C=O) groups excluding carboxylic acids is 1. The number of rotatable bonds is 4. The summed E-state index contributed by atoms with van der Waals surface area (Å²) >= 11 is 0. The summed E-state index contributed by atoms with van der Waals surface area (Å²) in [5.41, 5.74) is 7.84. The highest BCUT2D eigenvalue weighted by Crippen LogP contribution is 2.16. The topological polar surface area (TPSA) is 67.6 Å². The van der Waals surface area contributed by atoms with Crippen LogP contribution in [0, 0.1) is 6.92 Å². The fraction of sp³-hybridized carbons (Fsp3) is 0.562. The summed E-state index contributed by atoms with van der Waals surface area (Å²) in [5, 5.41) is 2.96. The molecule has 5 heteroatoms. The average Bonchev–Trinajstić information content (AvgIpc) is 2.40. The molecule has 2 rings (SSSR count). The third-order valence-electron chi connectivity index (χ3n) is 3.72. The summed E-state index contributed by atoms with van der Waals surface area (Å²) in [6, 6.07) is 5.40. The largest absolute Gasteiger partial charge is 0.399 e. The molecule has 1 aromatic rings. The van der Waals surface area contributed by atoms with E-state index in [9.17, 15) is 4.79 Å². The maximum absolute atomic E-state index is 12.2. The SMILES string of the molecule is Cc1ccc(N)cc1C(=O)NCCN1CCOC(C)(C)C1. The van der Waals surface area contributed by atoms with Crippen LogP contribution in [0.4, 0.5) is 5.69 Å². The van der Waals surface area contributed by atoms with E-state index in [-0.39, 0.29) is 11.5 Å². The van der Waals surface area contributed by atoms with Crippen molar-refractivity contribution in [2.75, 3.05) is 38.5 Å². The van der Waals surface area contributed by atoms with E-state index in [2.05, 4.69) is 24.1 Å². The van der Waals surface area contributed by atoms with Crippen LogP contribution in [0.15, 0.2) is 18.2 Å². The average molecular weight is 291 g/mol. The van der Waals surface area contributed by atoms with Crippen molar-refractivity contribution < 1.29 is 9.53 Å². The molecule has 1 aliphatic rings. The van der Waals surface area contributed by atoms with Gasteiger partial charge in [-0.25, -0.2) is 0 Å². The molecule has 0 saturated carbocycles. The molecule has 1 heterocycles. The van der Waals surface area contributed by atoms with Gasteiger partial charge < -0.3 is 15.8 Å². The number of nitrogens with zero attached hydrogens (tertiary/aromatic N) is 1. The lowest BCUT2D eigenvalue weighted by atomic mass is 10.1.